The molecule has 7 heteroatoms. The molecule has 1 aromatic heterocycles. The van der Waals surface area contributed by atoms with Crippen molar-refractivity contribution in [2.45, 2.75) is 65.7 Å². The Balaban J connectivity index is 2.41. The molecule has 0 aliphatic heterocycles. The first-order chi connectivity index (χ1) is 10.9. The van der Waals surface area contributed by atoms with Crippen LogP contribution in [0.1, 0.15) is 53.7 Å². The lowest BCUT2D eigenvalue weighted by Gasteiger charge is -2.33. The van der Waals surface area contributed by atoms with Gasteiger partial charge in [0.1, 0.15) is 5.76 Å². The number of nitrogens with one attached hydrogen (secondary N) is 2. The van der Waals surface area contributed by atoms with Crippen molar-refractivity contribution in [2.24, 2.45) is 5.41 Å². The second-order valence-corrected chi connectivity index (χ2v) is 9.26. The number of rotatable bonds is 7. The van der Waals surface area contributed by atoms with Crippen LogP contribution in [0.4, 0.5) is 5.82 Å². The molecule has 0 aromatic carbocycles. The molecule has 1 atom stereocenters. The Kier molecular flexibility index (Phi) is 6.89. The van der Waals surface area contributed by atoms with E-state index >= 15 is 0 Å². The summed E-state index contributed by atoms with van der Waals surface area (Å²) < 4.78 is 4.90. The highest BCUT2D eigenvalue weighted by Crippen LogP contribution is 2.27. The molecule has 136 valence electrons. The zero-order valence-electron chi connectivity index (χ0n) is 15.6. The second kappa shape index (κ2) is 8.05. The summed E-state index contributed by atoms with van der Waals surface area (Å²) >= 11 is 1.29. The van der Waals surface area contributed by atoms with E-state index < -0.39 is 0 Å². The van der Waals surface area contributed by atoms with Crippen molar-refractivity contribution in [3.63, 3.8) is 0 Å². The van der Waals surface area contributed by atoms with Gasteiger partial charge in [-0.3, -0.25) is 9.59 Å². The summed E-state index contributed by atoms with van der Waals surface area (Å²) in [6, 6.07) is 1.65. The predicted octanol–water partition coefficient (Wildman–Crippen LogP) is 3.37. The van der Waals surface area contributed by atoms with Gasteiger partial charge in [-0.2, -0.15) is 0 Å². The van der Waals surface area contributed by atoms with E-state index in [4.69, 9.17) is 4.52 Å². The first-order valence-corrected chi connectivity index (χ1v) is 9.10. The van der Waals surface area contributed by atoms with E-state index in [1.165, 1.54) is 11.8 Å². The Morgan fingerprint density at radius 1 is 1.29 bits per heavy atom. The fourth-order valence-corrected chi connectivity index (χ4v) is 3.40. The number of aromatic nitrogens is 1. The predicted molar refractivity (Wildman–Crippen MR) is 98.1 cm³/mol. The summed E-state index contributed by atoms with van der Waals surface area (Å²) in [6.07, 6.45) is 0.873. The first-order valence-electron chi connectivity index (χ1n) is 8.05. The maximum absolute atomic E-state index is 12.1. The Hall–Kier alpha value is -1.50. The third-order valence-electron chi connectivity index (χ3n) is 3.16. The molecule has 24 heavy (non-hydrogen) atoms. The summed E-state index contributed by atoms with van der Waals surface area (Å²) in [4.78, 5) is 24.2. The highest BCUT2D eigenvalue weighted by Gasteiger charge is 2.27. The molecule has 0 bridgehead atoms. The van der Waals surface area contributed by atoms with Crippen LogP contribution in [0, 0.1) is 12.3 Å². The van der Waals surface area contributed by atoms with Crippen molar-refractivity contribution < 1.29 is 14.1 Å². The molecule has 1 aromatic rings. The lowest BCUT2D eigenvalue weighted by molar-refractivity contribution is -0.120. The molecule has 0 aliphatic carbocycles. The molecule has 0 fully saturated rings. The number of carbonyl (C=O) groups excluding carboxylic acids is 2. The average molecular weight is 356 g/mol. The molecule has 1 rings (SSSR count). The van der Waals surface area contributed by atoms with Gasteiger partial charge in [-0.25, -0.2) is 0 Å². The molecule has 0 radical (unpaired) electrons. The van der Waals surface area contributed by atoms with E-state index in [1.54, 1.807) is 19.9 Å². The highest BCUT2D eigenvalue weighted by atomic mass is 32.2. The number of hydrogen-bond acceptors (Lipinski definition) is 5. The minimum atomic E-state index is -0.363. The van der Waals surface area contributed by atoms with Crippen LogP contribution in [0.15, 0.2) is 10.6 Å². The molecule has 0 saturated heterocycles. The van der Waals surface area contributed by atoms with Crippen molar-refractivity contribution in [2.75, 3.05) is 11.1 Å². The normalized spacial score (nSPS) is 13.5. The fourth-order valence-electron chi connectivity index (χ4n) is 2.71. The number of amides is 2. The smallest absolute Gasteiger partial charge is 0.238 e. The molecular formula is C17H29N3O3S. The molecule has 6 nitrogen and oxygen atoms in total. The second-order valence-electron chi connectivity index (χ2n) is 7.93. The van der Waals surface area contributed by atoms with Gasteiger partial charge < -0.3 is 15.2 Å². The third-order valence-corrected chi connectivity index (χ3v) is 4.31. The van der Waals surface area contributed by atoms with Crippen LogP contribution in [0.2, 0.25) is 0 Å². The molecule has 2 amide bonds. The van der Waals surface area contributed by atoms with Gasteiger partial charge in [0.25, 0.3) is 0 Å². The number of hydrogen-bond donors (Lipinski definition) is 2. The zero-order chi connectivity index (χ0) is 18.5. The van der Waals surface area contributed by atoms with E-state index in [2.05, 4.69) is 36.6 Å². The topological polar surface area (TPSA) is 84.2 Å². The van der Waals surface area contributed by atoms with Gasteiger partial charge in [0.2, 0.25) is 11.8 Å². The Bertz CT molecular complexity index is 576. The molecular weight excluding hydrogens is 326 g/mol. The first kappa shape index (κ1) is 20.5. The number of anilines is 1. The van der Waals surface area contributed by atoms with Gasteiger partial charge in [0.05, 0.1) is 11.0 Å². The van der Waals surface area contributed by atoms with Gasteiger partial charge in [0.15, 0.2) is 5.82 Å². The van der Waals surface area contributed by atoms with Crippen molar-refractivity contribution in [3.8, 4) is 0 Å². The van der Waals surface area contributed by atoms with Crippen LogP contribution in [0.3, 0.4) is 0 Å². The Morgan fingerprint density at radius 2 is 1.92 bits per heavy atom. The summed E-state index contributed by atoms with van der Waals surface area (Å²) in [5.74, 6) is 0.994. The molecule has 2 N–H and O–H groups in total. The average Bonchev–Trinajstić information content (AvgIpc) is 2.77. The summed E-state index contributed by atoms with van der Waals surface area (Å²) in [5.41, 5.74) is -0.146. The number of thioether (sulfide) groups is 1. The standard InChI is InChI=1S/C17H29N3O3S/c1-11-8-13(20-23-11)18-15(22)12(2)24-9-14(21)19-17(6,7)10-16(3,4)5/h8,12H,9-10H2,1-7H3,(H,19,21)(H,18,20,22). The van der Waals surface area contributed by atoms with Crippen molar-refractivity contribution in [3.05, 3.63) is 11.8 Å². The third kappa shape index (κ3) is 7.86. The molecule has 0 saturated carbocycles. The van der Waals surface area contributed by atoms with Crippen molar-refractivity contribution >= 4 is 29.4 Å². The van der Waals surface area contributed by atoms with Crippen LogP contribution < -0.4 is 10.6 Å². The molecule has 1 heterocycles. The number of aryl methyl sites for hydroxylation is 1. The van der Waals surface area contributed by atoms with Gasteiger partial charge in [-0.15, -0.1) is 11.8 Å². The van der Waals surface area contributed by atoms with E-state index in [1.807, 2.05) is 13.8 Å². The lowest BCUT2D eigenvalue weighted by Crippen LogP contribution is -2.46. The minimum Gasteiger partial charge on any atom is -0.360 e. The van der Waals surface area contributed by atoms with Gasteiger partial charge in [0, 0.05) is 11.6 Å². The van der Waals surface area contributed by atoms with E-state index in [0.717, 1.165) is 6.42 Å². The van der Waals surface area contributed by atoms with Crippen LogP contribution in [0.25, 0.3) is 0 Å². The summed E-state index contributed by atoms with van der Waals surface area (Å²) in [7, 11) is 0. The monoisotopic (exact) mass is 355 g/mol. The van der Waals surface area contributed by atoms with E-state index in [-0.39, 0.29) is 33.8 Å². The van der Waals surface area contributed by atoms with Crippen LogP contribution in [-0.4, -0.2) is 33.5 Å². The van der Waals surface area contributed by atoms with Gasteiger partial charge in [-0.1, -0.05) is 25.9 Å². The fraction of sp³-hybridized carbons (Fsp3) is 0.706. The summed E-state index contributed by atoms with van der Waals surface area (Å²) in [6.45, 7) is 14.0. The zero-order valence-corrected chi connectivity index (χ0v) is 16.5. The summed E-state index contributed by atoms with van der Waals surface area (Å²) in [5, 5.41) is 9.07. The quantitative estimate of drug-likeness (QED) is 0.783. The van der Waals surface area contributed by atoms with Gasteiger partial charge >= 0.3 is 0 Å². The largest absolute Gasteiger partial charge is 0.360 e. The maximum atomic E-state index is 12.1. The van der Waals surface area contributed by atoms with Crippen LogP contribution >= 0.6 is 11.8 Å². The highest BCUT2D eigenvalue weighted by molar-refractivity contribution is 8.01. The van der Waals surface area contributed by atoms with Gasteiger partial charge in [-0.05, 0) is 39.5 Å². The maximum Gasteiger partial charge on any atom is 0.238 e. The SMILES string of the molecule is Cc1cc(NC(=O)C(C)SCC(=O)NC(C)(C)CC(C)(C)C)no1. The molecule has 0 aliphatic rings. The lowest BCUT2D eigenvalue weighted by atomic mass is 9.82. The Labute approximate surface area is 148 Å². The van der Waals surface area contributed by atoms with E-state index in [9.17, 15) is 9.59 Å². The van der Waals surface area contributed by atoms with Crippen molar-refractivity contribution in [1.29, 1.82) is 0 Å². The number of carbonyl (C=O) groups is 2. The number of nitrogens with zero attached hydrogens (tertiary/aromatic N) is 1. The Morgan fingerprint density at radius 3 is 2.42 bits per heavy atom. The van der Waals surface area contributed by atoms with Crippen molar-refractivity contribution in [1.82, 2.24) is 10.5 Å². The minimum absolute atomic E-state index is 0.0637. The van der Waals surface area contributed by atoms with E-state index in [0.29, 0.717) is 11.6 Å². The molecule has 0 spiro atoms. The van der Waals surface area contributed by atoms with Crippen LogP contribution in [0.5, 0.6) is 0 Å². The molecule has 1 unspecified atom stereocenters. The van der Waals surface area contributed by atoms with Crippen LogP contribution in [-0.2, 0) is 9.59 Å².